The van der Waals surface area contributed by atoms with Crippen LogP contribution in [0.3, 0.4) is 0 Å². The number of alkyl halides is 3. The number of halogens is 3. The second-order valence-electron chi connectivity index (χ2n) is 7.02. The van der Waals surface area contributed by atoms with Crippen molar-refractivity contribution in [1.29, 1.82) is 0 Å². The van der Waals surface area contributed by atoms with Crippen LogP contribution in [0.25, 0.3) is 11.3 Å². The maximum absolute atomic E-state index is 12.9. The lowest BCUT2D eigenvalue weighted by atomic mass is 10.1. The van der Waals surface area contributed by atoms with Crippen LogP contribution in [0.5, 0.6) is 0 Å². The van der Waals surface area contributed by atoms with E-state index in [9.17, 15) is 18.0 Å². The number of rotatable bonds is 8. The molecule has 0 saturated carbocycles. The van der Waals surface area contributed by atoms with Gasteiger partial charge in [-0.25, -0.2) is 4.98 Å². The van der Waals surface area contributed by atoms with Gasteiger partial charge in [0.05, 0.1) is 11.1 Å². The molecule has 166 valence electrons. The Labute approximate surface area is 182 Å². The van der Waals surface area contributed by atoms with E-state index in [4.69, 9.17) is 4.42 Å². The van der Waals surface area contributed by atoms with Crippen molar-refractivity contribution in [2.75, 3.05) is 18.4 Å². The van der Waals surface area contributed by atoms with E-state index in [0.29, 0.717) is 17.4 Å². The molecule has 0 fully saturated rings. The zero-order valence-corrected chi connectivity index (χ0v) is 18.2. The molecule has 0 aliphatic rings. The number of carbonyl (C=O) groups is 1. The van der Waals surface area contributed by atoms with E-state index in [1.165, 1.54) is 24.5 Å². The second-order valence-corrected chi connectivity index (χ2v) is 7.77. The second kappa shape index (κ2) is 9.61. The highest BCUT2D eigenvalue weighted by Gasteiger charge is 2.30. The van der Waals surface area contributed by atoms with Gasteiger partial charge in [-0.05, 0) is 38.2 Å². The Morgan fingerprint density at radius 3 is 2.68 bits per heavy atom. The Morgan fingerprint density at radius 1 is 1.26 bits per heavy atom. The van der Waals surface area contributed by atoms with Crippen LogP contribution in [0, 0.1) is 0 Å². The third kappa shape index (κ3) is 5.71. The number of benzene rings is 1. The topological polar surface area (TPSA) is 71.3 Å². The van der Waals surface area contributed by atoms with Gasteiger partial charge >= 0.3 is 6.18 Å². The molecular formula is C21H23F3N4O2S. The van der Waals surface area contributed by atoms with E-state index in [1.54, 1.807) is 0 Å². The molecule has 3 rings (SSSR count). The quantitative estimate of drug-likeness (QED) is 0.499. The first-order chi connectivity index (χ1) is 14.7. The molecule has 0 spiro atoms. The molecule has 1 N–H and O–H groups in total. The molecule has 1 atom stereocenters. The smallest absolute Gasteiger partial charge is 0.416 e. The molecule has 0 aliphatic carbocycles. The van der Waals surface area contributed by atoms with E-state index >= 15 is 0 Å². The highest BCUT2D eigenvalue weighted by Crippen LogP contribution is 2.32. The molecule has 1 unspecified atom stereocenters. The van der Waals surface area contributed by atoms with Gasteiger partial charge in [0.15, 0.2) is 0 Å². The van der Waals surface area contributed by atoms with Crippen molar-refractivity contribution in [1.82, 2.24) is 14.3 Å². The summed E-state index contributed by atoms with van der Waals surface area (Å²) in [5.74, 6) is 0.347. The standard InChI is InChI=1S/C21H23F3N4O2S/c1-4-28(5-2)13(3)9-18-25-20(31-27-18)26-19(29)15-11-17(30-12-15)14-7-6-8-16(10-14)21(22,23)24/h6-8,10-13H,4-5,9H2,1-3H3,(H,25,26,27,29). The number of hydrogen-bond donors (Lipinski definition) is 1. The summed E-state index contributed by atoms with van der Waals surface area (Å²) in [5.41, 5.74) is -0.370. The van der Waals surface area contributed by atoms with Crippen molar-refractivity contribution in [2.45, 2.75) is 39.4 Å². The van der Waals surface area contributed by atoms with Crippen molar-refractivity contribution < 1.29 is 22.4 Å². The molecule has 2 heterocycles. The maximum Gasteiger partial charge on any atom is 0.416 e. The van der Waals surface area contributed by atoms with E-state index in [0.717, 1.165) is 36.8 Å². The number of furan rings is 1. The Hall–Kier alpha value is -2.72. The molecule has 2 aromatic heterocycles. The summed E-state index contributed by atoms with van der Waals surface area (Å²) >= 11 is 1.08. The van der Waals surface area contributed by atoms with Crippen molar-refractivity contribution in [3.63, 3.8) is 0 Å². The summed E-state index contributed by atoms with van der Waals surface area (Å²) in [4.78, 5) is 19.2. The Morgan fingerprint density at radius 2 is 2.00 bits per heavy atom. The van der Waals surface area contributed by atoms with Crippen LogP contribution in [-0.2, 0) is 12.6 Å². The number of anilines is 1. The van der Waals surface area contributed by atoms with Gasteiger partial charge in [0.2, 0.25) is 5.13 Å². The number of likely N-dealkylation sites (N-methyl/N-ethyl adjacent to an activating group) is 1. The Kier molecular flexibility index (Phi) is 7.11. The van der Waals surface area contributed by atoms with E-state index in [-0.39, 0.29) is 22.9 Å². The number of nitrogens with one attached hydrogen (secondary N) is 1. The summed E-state index contributed by atoms with van der Waals surface area (Å²) in [7, 11) is 0. The van der Waals surface area contributed by atoms with Crippen LogP contribution in [0.4, 0.5) is 18.3 Å². The molecule has 0 saturated heterocycles. The van der Waals surface area contributed by atoms with Crippen LogP contribution < -0.4 is 5.32 Å². The average molecular weight is 453 g/mol. The Bertz CT molecular complexity index is 1030. The minimum absolute atomic E-state index is 0.169. The summed E-state index contributed by atoms with van der Waals surface area (Å²) in [6.07, 6.45) is -2.59. The zero-order chi connectivity index (χ0) is 22.6. The number of nitrogens with zero attached hydrogens (tertiary/aromatic N) is 3. The summed E-state index contributed by atoms with van der Waals surface area (Å²) in [5, 5.41) is 3.02. The first-order valence-electron chi connectivity index (χ1n) is 9.85. The van der Waals surface area contributed by atoms with Gasteiger partial charge in [-0.3, -0.25) is 10.1 Å². The third-order valence-corrected chi connectivity index (χ3v) is 5.61. The predicted octanol–water partition coefficient (Wildman–Crippen LogP) is 5.34. The van der Waals surface area contributed by atoms with Gasteiger partial charge in [-0.2, -0.15) is 17.5 Å². The highest BCUT2D eigenvalue weighted by atomic mass is 32.1. The first-order valence-corrected chi connectivity index (χ1v) is 10.6. The van der Waals surface area contributed by atoms with Gasteiger partial charge < -0.3 is 9.32 Å². The minimum atomic E-state index is -4.46. The molecule has 0 bridgehead atoms. The lowest BCUT2D eigenvalue weighted by Crippen LogP contribution is -2.34. The SMILES string of the molecule is CCN(CC)C(C)Cc1nsc(NC(=O)c2coc(-c3cccc(C(F)(F)F)c3)c2)n1. The van der Waals surface area contributed by atoms with Gasteiger partial charge in [-0.1, -0.05) is 26.0 Å². The summed E-state index contributed by atoms with van der Waals surface area (Å²) in [6, 6.07) is 6.42. The summed E-state index contributed by atoms with van der Waals surface area (Å²) < 4.78 is 48.4. The fourth-order valence-corrected chi connectivity index (χ4v) is 3.84. The van der Waals surface area contributed by atoms with Gasteiger partial charge in [-0.15, -0.1) is 0 Å². The van der Waals surface area contributed by atoms with Crippen LogP contribution in [0.2, 0.25) is 0 Å². The normalized spacial score (nSPS) is 12.9. The molecule has 1 amide bonds. The number of hydrogen-bond acceptors (Lipinski definition) is 6. The molecular weight excluding hydrogens is 429 g/mol. The van der Waals surface area contributed by atoms with Crippen molar-refractivity contribution in [3.05, 3.63) is 53.5 Å². The van der Waals surface area contributed by atoms with Crippen molar-refractivity contribution in [2.24, 2.45) is 0 Å². The summed E-state index contributed by atoms with van der Waals surface area (Å²) in [6.45, 7) is 8.16. The number of amides is 1. The van der Waals surface area contributed by atoms with E-state index < -0.39 is 17.6 Å². The van der Waals surface area contributed by atoms with Crippen molar-refractivity contribution >= 4 is 22.6 Å². The third-order valence-electron chi connectivity index (χ3n) is 4.94. The molecule has 0 radical (unpaired) electrons. The van der Waals surface area contributed by atoms with Crippen LogP contribution in [-0.4, -0.2) is 39.3 Å². The van der Waals surface area contributed by atoms with Gasteiger partial charge in [0, 0.05) is 29.6 Å². The lowest BCUT2D eigenvalue weighted by Gasteiger charge is -2.25. The fourth-order valence-electron chi connectivity index (χ4n) is 3.25. The Balaban J connectivity index is 1.67. The van der Waals surface area contributed by atoms with Gasteiger partial charge in [0.25, 0.3) is 5.91 Å². The molecule has 10 heteroatoms. The van der Waals surface area contributed by atoms with Crippen LogP contribution >= 0.6 is 11.5 Å². The van der Waals surface area contributed by atoms with Crippen LogP contribution in [0.15, 0.2) is 41.0 Å². The largest absolute Gasteiger partial charge is 0.464 e. The molecule has 0 aliphatic heterocycles. The van der Waals surface area contributed by atoms with Gasteiger partial charge in [0.1, 0.15) is 17.8 Å². The number of aromatic nitrogens is 2. The highest BCUT2D eigenvalue weighted by molar-refractivity contribution is 7.09. The zero-order valence-electron chi connectivity index (χ0n) is 17.4. The van der Waals surface area contributed by atoms with Crippen molar-refractivity contribution in [3.8, 4) is 11.3 Å². The molecule has 1 aromatic carbocycles. The minimum Gasteiger partial charge on any atom is -0.464 e. The maximum atomic E-state index is 12.9. The lowest BCUT2D eigenvalue weighted by molar-refractivity contribution is -0.137. The molecule has 31 heavy (non-hydrogen) atoms. The van der Waals surface area contributed by atoms with E-state index in [1.807, 2.05) is 0 Å². The molecule has 3 aromatic rings. The monoisotopic (exact) mass is 452 g/mol. The predicted molar refractivity (Wildman–Crippen MR) is 113 cm³/mol. The van der Waals surface area contributed by atoms with Crippen LogP contribution in [0.1, 0.15) is 42.5 Å². The average Bonchev–Trinajstić information content (AvgIpc) is 3.38. The number of carbonyl (C=O) groups excluding carboxylic acids is 1. The van der Waals surface area contributed by atoms with E-state index in [2.05, 4.69) is 40.3 Å². The first kappa shape index (κ1) is 23.0. The molecule has 6 nitrogen and oxygen atoms in total. The fraction of sp³-hybridized carbons (Fsp3) is 0.381.